The predicted octanol–water partition coefficient (Wildman–Crippen LogP) is 4.68. The number of aryl methyl sites for hydroxylation is 1. The highest BCUT2D eigenvalue weighted by Crippen LogP contribution is 2.41. The number of phenolic OH excluding ortho intramolecular Hbond substituents is 1. The summed E-state index contributed by atoms with van der Waals surface area (Å²) in [5, 5.41) is 21.4. The van der Waals surface area contributed by atoms with E-state index in [0.717, 1.165) is 28.8 Å². The minimum Gasteiger partial charge on any atom is -0.501 e. The fraction of sp³-hybridized carbons (Fsp3) is 0.111. The third-order valence-corrected chi connectivity index (χ3v) is 8.42. The molecule has 1 aromatic heterocycles. The van der Waals surface area contributed by atoms with Crippen LogP contribution in [0.2, 0.25) is 0 Å². The fourth-order valence-corrected chi connectivity index (χ4v) is 6.58. The largest absolute Gasteiger partial charge is 0.501 e. The van der Waals surface area contributed by atoms with Crippen molar-refractivity contribution in [2.75, 3.05) is 0 Å². The van der Waals surface area contributed by atoms with Gasteiger partial charge >= 0.3 is 5.69 Å². The number of hydrogen-bond donors (Lipinski definition) is 1. The van der Waals surface area contributed by atoms with Crippen LogP contribution in [0.5, 0.6) is 5.75 Å². The number of nitro benzene ring substituents is 1. The van der Waals surface area contributed by atoms with Crippen molar-refractivity contribution in [3.05, 3.63) is 128 Å². The Hall–Kier alpha value is -3.64. The van der Waals surface area contributed by atoms with Crippen LogP contribution in [-0.2, 0) is 6.42 Å². The van der Waals surface area contributed by atoms with Crippen LogP contribution < -0.4 is 14.9 Å². The van der Waals surface area contributed by atoms with Gasteiger partial charge < -0.3 is 5.11 Å². The van der Waals surface area contributed by atoms with Crippen molar-refractivity contribution in [1.29, 1.82) is 0 Å². The lowest BCUT2D eigenvalue weighted by molar-refractivity contribution is -0.386. The van der Waals surface area contributed by atoms with Crippen molar-refractivity contribution < 1.29 is 14.4 Å². The summed E-state index contributed by atoms with van der Waals surface area (Å²) in [5.41, 5.74) is 4.54. The molecule has 1 atom stereocenters. The zero-order chi connectivity index (χ0) is 25.8. The van der Waals surface area contributed by atoms with Crippen LogP contribution in [0, 0.1) is 19.5 Å². The first-order chi connectivity index (χ1) is 17.8. The normalized spacial score (nSPS) is 16.6. The van der Waals surface area contributed by atoms with Gasteiger partial charge in [0.1, 0.15) is 5.82 Å². The first kappa shape index (κ1) is 23.7. The van der Waals surface area contributed by atoms with E-state index in [4.69, 9.17) is 4.99 Å². The SMILES string of the molecule is O=c1/c(=C\c2cc(I)c(O)c([N+](=O)[O-])c2)sc2n1[C@H](c1ccc(F)cc1)C1=C(N=2)c2ccccc2CC1. The number of allylic oxidation sites excluding steroid dienone is 1. The number of thiazole rings is 1. The molecule has 0 spiro atoms. The Morgan fingerprint density at radius 2 is 1.92 bits per heavy atom. The lowest BCUT2D eigenvalue weighted by Crippen LogP contribution is -2.38. The van der Waals surface area contributed by atoms with Crippen molar-refractivity contribution in [2.24, 2.45) is 4.99 Å². The predicted molar refractivity (Wildman–Crippen MR) is 147 cm³/mol. The van der Waals surface area contributed by atoms with E-state index in [2.05, 4.69) is 6.07 Å². The van der Waals surface area contributed by atoms with Crippen LogP contribution in [0.25, 0.3) is 11.8 Å². The molecule has 0 amide bonds. The molecule has 3 aromatic carbocycles. The Labute approximate surface area is 226 Å². The second-order valence-corrected chi connectivity index (χ2v) is 11.0. The number of nitrogens with zero attached hydrogens (tertiary/aromatic N) is 3. The van der Waals surface area contributed by atoms with Gasteiger partial charge in [-0.05, 0) is 82.0 Å². The summed E-state index contributed by atoms with van der Waals surface area (Å²) in [4.78, 5) is 29.9. The monoisotopic (exact) mass is 625 g/mol. The maximum Gasteiger partial charge on any atom is 0.312 e. The van der Waals surface area contributed by atoms with E-state index in [9.17, 15) is 24.4 Å². The fourth-order valence-electron chi connectivity index (χ4n) is 4.95. The Morgan fingerprint density at radius 1 is 1.16 bits per heavy atom. The first-order valence-electron chi connectivity index (χ1n) is 11.4. The average Bonchev–Trinajstić information content (AvgIpc) is 3.19. The lowest BCUT2D eigenvalue weighted by atomic mass is 9.83. The third kappa shape index (κ3) is 4.00. The van der Waals surface area contributed by atoms with Gasteiger partial charge in [-0.1, -0.05) is 47.7 Å². The maximum atomic E-state index is 13.8. The van der Waals surface area contributed by atoms with Crippen LogP contribution in [0.3, 0.4) is 0 Å². The maximum absolute atomic E-state index is 13.8. The quantitative estimate of drug-likeness (QED) is 0.203. The van der Waals surface area contributed by atoms with Crippen LogP contribution in [0.15, 0.2) is 76.0 Å². The molecule has 2 aliphatic rings. The number of aromatic hydroxyl groups is 1. The second-order valence-electron chi connectivity index (χ2n) is 8.79. The number of benzene rings is 3. The van der Waals surface area contributed by atoms with Gasteiger partial charge in [0, 0.05) is 11.6 Å². The molecule has 0 saturated carbocycles. The molecule has 0 fully saturated rings. The molecular formula is C27H17FIN3O4S. The summed E-state index contributed by atoms with van der Waals surface area (Å²) in [7, 11) is 0. The van der Waals surface area contributed by atoms with Crippen LogP contribution in [0.4, 0.5) is 10.1 Å². The van der Waals surface area contributed by atoms with E-state index in [0.29, 0.717) is 24.9 Å². The molecule has 2 heterocycles. The summed E-state index contributed by atoms with van der Waals surface area (Å²) in [6.07, 6.45) is 3.10. The van der Waals surface area contributed by atoms with Gasteiger partial charge in [0.05, 0.1) is 24.8 Å². The first-order valence-corrected chi connectivity index (χ1v) is 13.3. The molecular weight excluding hydrogens is 608 g/mol. The number of phenols is 1. The van der Waals surface area contributed by atoms with Crippen molar-refractivity contribution in [1.82, 2.24) is 4.57 Å². The third-order valence-electron chi connectivity index (χ3n) is 6.62. The molecule has 184 valence electrons. The van der Waals surface area contributed by atoms with Gasteiger partial charge in [0.15, 0.2) is 4.80 Å². The van der Waals surface area contributed by atoms with Crippen molar-refractivity contribution in [3.63, 3.8) is 0 Å². The Kier molecular flexibility index (Phi) is 5.80. The minimum atomic E-state index is -0.656. The number of halogens is 2. The Bertz CT molecular complexity index is 1830. The molecule has 1 N–H and O–H groups in total. The highest BCUT2D eigenvalue weighted by Gasteiger charge is 2.32. The molecule has 4 aromatic rings. The van der Waals surface area contributed by atoms with E-state index in [1.54, 1.807) is 28.8 Å². The van der Waals surface area contributed by atoms with Gasteiger partial charge in [0.25, 0.3) is 5.56 Å². The highest BCUT2D eigenvalue weighted by molar-refractivity contribution is 14.1. The molecule has 1 aliphatic heterocycles. The summed E-state index contributed by atoms with van der Waals surface area (Å²) < 4.78 is 16.1. The summed E-state index contributed by atoms with van der Waals surface area (Å²) in [5.74, 6) is -0.769. The van der Waals surface area contributed by atoms with Gasteiger partial charge in [-0.3, -0.25) is 19.5 Å². The van der Waals surface area contributed by atoms with Crippen LogP contribution >= 0.6 is 33.9 Å². The number of aromatic nitrogens is 1. The van der Waals surface area contributed by atoms with Gasteiger partial charge in [-0.2, -0.15) is 0 Å². The molecule has 37 heavy (non-hydrogen) atoms. The number of nitro groups is 1. The summed E-state index contributed by atoms with van der Waals surface area (Å²) >= 11 is 3.02. The minimum absolute atomic E-state index is 0.283. The van der Waals surface area contributed by atoms with E-state index < -0.39 is 22.4 Å². The molecule has 0 radical (unpaired) electrons. The van der Waals surface area contributed by atoms with Crippen molar-refractivity contribution >= 4 is 51.4 Å². The van der Waals surface area contributed by atoms with E-state index in [-0.39, 0.29) is 11.4 Å². The van der Waals surface area contributed by atoms with E-state index >= 15 is 0 Å². The van der Waals surface area contributed by atoms with Crippen molar-refractivity contribution in [2.45, 2.75) is 18.9 Å². The molecule has 1 aliphatic carbocycles. The zero-order valence-electron chi connectivity index (χ0n) is 19.0. The Morgan fingerprint density at radius 3 is 2.68 bits per heavy atom. The lowest BCUT2D eigenvalue weighted by Gasteiger charge is -2.30. The molecule has 6 rings (SSSR count). The van der Waals surface area contributed by atoms with Crippen molar-refractivity contribution in [3.8, 4) is 5.75 Å². The van der Waals surface area contributed by atoms with Crippen LogP contribution in [0.1, 0.15) is 34.7 Å². The standard InChI is InChI=1S/C27H17FIN3O4S/c28-17-8-5-16(6-9-17)24-19-10-7-15-3-1-2-4-18(15)23(19)30-27-31(24)26(34)22(37-27)13-14-11-20(29)25(33)21(12-14)32(35)36/h1-6,8-9,11-13,24,33H,7,10H2/b22-13+/t24-/m1/s1. The topological polar surface area (TPSA) is 97.7 Å². The van der Waals surface area contributed by atoms with Gasteiger partial charge in [0.2, 0.25) is 5.75 Å². The molecule has 10 heteroatoms. The molecule has 0 saturated heterocycles. The van der Waals surface area contributed by atoms with E-state index in [1.165, 1.54) is 35.1 Å². The van der Waals surface area contributed by atoms with Crippen LogP contribution in [-0.4, -0.2) is 14.6 Å². The Balaban J connectivity index is 1.61. The smallest absolute Gasteiger partial charge is 0.312 e. The average molecular weight is 625 g/mol. The van der Waals surface area contributed by atoms with Gasteiger partial charge in [-0.25, -0.2) is 9.38 Å². The number of hydrogen-bond acceptors (Lipinski definition) is 6. The highest BCUT2D eigenvalue weighted by atomic mass is 127. The zero-order valence-corrected chi connectivity index (χ0v) is 22.0. The number of fused-ring (bicyclic) bond motifs is 3. The summed E-state index contributed by atoms with van der Waals surface area (Å²) in [6.45, 7) is 0. The second kappa shape index (κ2) is 9.03. The van der Waals surface area contributed by atoms with Gasteiger partial charge in [-0.15, -0.1) is 0 Å². The van der Waals surface area contributed by atoms with E-state index in [1.807, 2.05) is 40.8 Å². The molecule has 7 nitrogen and oxygen atoms in total. The summed E-state index contributed by atoms with van der Waals surface area (Å²) in [6, 6.07) is 16.6. The molecule has 0 unspecified atom stereocenters. The molecule has 0 bridgehead atoms. The number of rotatable bonds is 3.